The van der Waals surface area contributed by atoms with Crippen LogP contribution in [0.5, 0.6) is 0 Å². The molecule has 6 nitrogen and oxygen atoms in total. The van der Waals surface area contributed by atoms with Crippen LogP contribution in [0.2, 0.25) is 0 Å². The summed E-state index contributed by atoms with van der Waals surface area (Å²) in [4.78, 5) is 12.3. The standard InChI is InChI=1S/C18H16FN3O3/c1-2-16-21-22-17(25-16)11-24-18(23)14-5-3-4-6-15(14)20-13-9-7-12(19)8-10-13/h3-10,20H,2,11H2,1H3. The summed E-state index contributed by atoms with van der Waals surface area (Å²) < 4.78 is 23.5. The van der Waals surface area contributed by atoms with Crippen molar-refractivity contribution in [2.24, 2.45) is 0 Å². The molecule has 128 valence electrons. The number of para-hydroxylation sites is 1. The second-order valence-electron chi connectivity index (χ2n) is 5.20. The fourth-order valence-electron chi connectivity index (χ4n) is 2.15. The number of ether oxygens (including phenoxy) is 1. The minimum absolute atomic E-state index is 0.100. The molecule has 0 unspecified atom stereocenters. The maximum Gasteiger partial charge on any atom is 0.340 e. The summed E-state index contributed by atoms with van der Waals surface area (Å²) in [6, 6.07) is 12.7. The van der Waals surface area contributed by atoms with E-state index in [1.54, 1.807) is 36.4 Å². The smallest absolute Gasteiger partial charge is 0.340 e. The Kier molecular flexibility index (Phi) is 5.03. The zero-order chi connectivity index (χ0) is 17.6. The van der Waals surface area contributed by atoms with Crippen LogP contribution in [0.15, 0.2) is 52.9 Å². The Hall–Kier alpha value is -3.22. The average Bonchev–Trinajstić information content (AvgIpc) is 3.10. The maximum atomic E-state index is 13.0. The van der Waals surface area contributed by atoms with Crippen LogP contribution in [-0.2, 0) is 17.8 Å². The van der Waals surface area contributed by atoms with E-state index in [4.69, 9.17) is 9.15 Å². The van der Waals surface area contributed by atoms with Gasteiger partial charge in [0.15, 0.2) is 6.61 Å². The molecule has 0 amide bonds. The predicted octanol–water partition coefficient (Wildman–Crippen LogP) is 3.87. The molecule has 7 heteroatoms. The summed E-state index contributed by atoms with van der Waals surface area (Å²) in [7, 11) is 0. The first-order valence-corrected chi connectivity index (χ1v) is 7.75. The fourth-order valence-corrected chi connectivity index (χ4v) is 2.15. The largest absolute Gasteiger partial charge is 0.452 e. The lowest BCUT2D eigenvalue weighted by atomic mass is 10.1. The second kappa shape index (κ2) is 7.57. The number of aryl methyl sites for hydroxylation is 1. The molecule has 0 aliphatic carbocycles. The summed E-state index contributed by atoms with van der Waals surface area (Å²) in [5, 5.41) is 10.7. The molecular formula is C18H16FN3O3. The van der Waals surface area contributed by atoms with E-state index < -0.39 is 5.97 Å². The summed E-state index contributed by atoms with van der Waals surface area (Å²) in [6.45, 7) is 1.79. The number of benzene rings is 2. The van der Waals surface area contributed by atoms with E-state index in [0.29, 0.717) is 29.2 Å². The SMILES string of the molecule is CCc1nnc(COC(=O)c2ccccc2Nc2ccc(F)cc2)o1. The number of rotatable bonds is 6. The van der Waals surface area contributed by atoms with Crippen LogP contribution in [-0.4, -0.2) is 16.2 Å². The molecule has 3 aromatic rings. The molecule has 3 rings (SSSR count). The number of nitrogens with one attached hydrogen (secondary N) is 1. The molecule has 1 aromatic heterocycles. The van der Waals surface area contributed by atoms with Gasteiger partial charge < -0.3 is 14.5 Å². The van der Waals surface area contributed by atoms with Gasteiger partial charge in [0.25, 0.3) is 5.89 Å². The van der Waals surface area contributed by atoms with Crippen LogP contribution in [0.3, 0.4) is 0 Å². The molecule has 25 heavy (non-hydrogen) atoms. The van der Waals surface area contributed by atoms with Crippen LogP contribution in [0.25, 0.3) is 0 Å². The Morgan fingerprint density at radius 3 is 2.56 bits per heavy atom. The Bertz CT molecular complexity index is 862. The molecule has 1 heterocycles. The minimum Gasteiger partial charge on any atom is -0.452 e. The van der Waals surface area contributed by atoms with Gasteiger partial charge in [-0.15, -0.1) is 10.2 Å². The highest BCUT2D eigenvalue weighted by molar-refractivity contribution is 5.96. The third-order valence-corrected chi connectivity index (χ3v) is 3.41. The molecule has 0 saturated heterocycles. The van der Waals surface area contributed by atoms with Gasteiger partial charge in [0.1, 0.15) is 5.82 Å². The van der Waals surface area contributed by atoms with Gasteiger partial charge in [0.05, 0.1) is 11.3 Å². The third kappa shape index (κ3) is 4.20. The van der Waals surface area contributed by atoms with Crippen LogP contribution < -0.4 is 5.32 Å². The molecular weight excluding hydrogens is 325 g/mol. The number of hydrogen-bond acceptors (Lipinski definition) is 6. The lowest BCUT2D eigenvalue weighted by Crippen LogP contribution is -2.08. The normalized spacial score (nSPS) is 10.5. The number of nitrogens with zero attached hydrogens (tertiary/aromatic N) is 2. The third-order valence-electron chi connectivity index (χ3n) is 3.41. The van der Waals surface area contributed by atoms with Crippen LogP contribution >= 0.6 is 0 Å². The lowest BCUT2D eigenvalue weighted by molar-refractivity contribution is 0.0437. The number of anilines is 2. The van der Waals surface area contributed by atoms with Gasteiger partial charge in [0.2, 0.25) is 5.89 Å². The molecule has 1 N–H and O–H groups in total. The number of aromatic nitrogens is 2. The topological polar surface area (TPSA) is 77.2 Å². The van der Waals surface area contributed by atoms with Crippen LogP contribution in [0.1, 0.15) is 29.1 Å². The summed E-state index contributed by atoms with van der Waals surface area (Å²) in [5.41, 5.74) is 1.56. The van der Waals surface area contributed by atoms with Crippen LogP contribution in [0, 0.1) is 5.82 Å². The average molecular weight is 341 g/mol. The van der Waals surface area contributed by atoms with E-state index in [-0.39, 0.29) is 18.3 Å². The molecule has 0 saturated carbocycles. The van der Waals surface area contributed by atoms with Crippen molar-refractivity contribution in [2.75, 3.05) is 5.32 Å². The molecule has 0 aliphatic heterocycles. The van der Waals surface area contributed by atoms with Gasteiger partial charge in [0, 0.05) is 12.1 Å². The van der Waals surface area contributed by atoms with Gasteiger partial charge in [-0.3, -0.25) is 0 Å². The van der Waals surface area contributed by atoms with Gasteiger partial charge in [-0.2, -0.15) is 0 Å². The van der Waals surface area contributed by atoms with Crippen molar-refractivity contribution in [1.29, 1.82) is 0 Å². The quantitative estimate of drug-likeness (QED) is 0.686. The van der Waals surface area contributed by atoms with Crippen molar-refractivity contribution in [1.82, 2.24) is 10.2 Å². The van der Waals surface area contributed by atoms with Crippen molar-refractivity contribution in [2.45, 2.75) is 20.0 Å². The van der Waals surface area contributed by atoms with Gasteiger partial charge >= 0.3 is 5.97 Å². The first-order chi connectivity index (χ1) is 12.2. The Morgan fingerprint density at radius 1 is 1.12 bits per heavy atom. The van der Waals surface area contributed by atoms with Crippen LogP contribution in [0.4, 0.5) is 15.8 Å². The van der Waals surface area contributed by atoms with E-state index in [1.807, 2.05) is 6.92 Å². The summed E-state index contributed by atoms with van der Waals surface area (Å²) >= 11 is 0. The molecule has 0 bridgehead atoms. The van der Waals surface area contributed by atoms with E-state index >= 15 is 0 Å². The van der Waals surface area contributed by atoms with Crippen molar-refractivity contribution in [3.05, 3.63) is 71.7 Å². The first kappa shape index (κ1) is 16.6. The highest BCUT2D eigenvalue weighted by atomic mass is 19.1. The van der Waals surface area contributed by atoms with Crippen molar-refractivity contribution in [3.63, 3.8) is 0 Å². The summed E-state index contributed by atoms with van der Waals surface area (Å²) in [6.07, 6.45) is 0.616. The molecule has 0 radical (unpaired) electrons. The number of carbonyl (C=O) groups is 1. The Balaban J connectivity index is 1.70. The second-order valence-corrected chi connectivity index (χ2v) is 5.20. The Labute approximate surface area is 143 Å². The van der Waals surface area contributed by atoms with E-state index in [2.05, 4.69) is 15.5 Å². The molecule has 0 spiro atoms. The number of hydrogen-bond donors (Lipinski definition) is 1. The Morgan fingerprint density at radius 2 is 1.84 bits per heavy atom. The number of carbonyl (C=O) groups excluding carboxylic acids is 1. The predicted molar refractivity (Wildman–Crippen MR) is 88.9 cm³/mol. The zero-order valence-electron chi connectivity index (χ0n) is 13.5. The van der Waals surface area contributed by atoms with Gasteiger partial charge in [-0.25, -0.2) is 9.18 Å². The molecule has 0 atom stereocenters. The fraction of sp³-hybridized carbons (Fsp3) is 0.167. The lowest BCUT2D eigenvalue weighted by Gasteiger charge is -2.11. The first-order valence-electron chi connectivity index (χ1n) is 7.75. The van der Waals surface area contributed by atoms with E-state index in [0.717, 1.165) is 0 Å². The molecule has 2 aromatic carbocycles. The van der Waals surface area contributed by atoms with Gasteiger partial charge in [-0.05, 0) is 36.4 Å². The number of esters is 1. The summed E-state index contributed by atoms with van der Waals surface area (Å²) in [5.74, 6) is -0.121. The highest BCUT2D eigenvalue weighted by Gasteiger charge is 2.14. The minimum atomic E-state index is -0.526. The van der Waals surface area contributed by atoms with Crippen molar-refractivity contribution >= 4 is 17.3 Å². The van der Waals surface area contributed by atoms with E-state index in [1.165, 1.54) is 12.1 Å². The monoisotopic (exact) mass is 341 g/mol. The maximum absolute atomic E-state index is 13.0. The van der Waals surface area contributed by atoms with Crippen molar-refractivity contribution < 1.29 is 18.3 Å². The highest BCUT2D eigenvalue weighted by Crippen LogP contribution is 2.22. The number of halogens is 1. The van der Waals surface area contributed by atoms with Gasteiger partial charge in [-0.1, -0.05) is 19.1 Å². The molecule has 0 aliphatic rings. The van der Waals surface area contributed by atoms with E-state index in [9.17, 15) is 9.18 Å². The molecule has 0 fully saturated rings. The van der Waals surface area contributed by atoms with Crippen molar-refractivity contribution in [3.8, 4) is 0 Å². The zero-order valence-corrected chi connectivity index (χ0v) is 13.5.